The summed E-state index contributed by atoms with van der Waals surface area (Å²) in [6.07, 6.45) is 2.92. The molecule has 90 valence electrons. The normalized spacial score (nSPS) is 20.8. The third kappa shape index (κ3) is 3.67. The third-order valence-corrected chi connectivity index (χ3v) is 3.69. The van der Waals surface area contributed by atoms with Crippen molar-refractivity contribution in [2.45, 2.75) is 19.0 Å². The molecule has 6 heteroatoms. The fourth-order valence-corrected chi connectivity index (χ4v) is 2.89. The summed E-state index contributed by atoms with van der Waals surface area (Å²) in [5.74, 6) is 0. The van der Waals surface area contributed by atoms with Gasteiger partial charge in [0.05, 0.1) is 5.69 Å². The van der Waals surface area contributed by atoms with Gasteiger partial charge in [0.2, 0.25) is 0 Å². The first-order valence-electron chi connectivity index (χ1n) is 4.93. The molecule has 0 aromatic carbocycles. The number of likely N-dealkylation sites (tertiary alicyclic amines) is 1. The lowest BCUT2D eigenvalue weighted by molar-refractivity contribution is 0.322. The zero-order valence-corrected chi connectivity index (χ0v) is 12.7. The first-order chi connectivity index (χ1) is 7.15. The molecule has 0 saturated carbocycles. The highest BCUT2D eigenvalue weighted by Crippen LogP contribution is 2.21. The van der Waals surface area contributed by atoms with Gasteiger partial charge in [-0.15, -0.1) is 12.4 Å². The molecule has 0 aliphatic carbocycles. The van der Waals surface area contributed by atoms with Crippen LogP contribution in [0.15, 0.2) is 21.2 Å². The number of hydrogen-bond donors (Lipinski definition) is 1. The Morgan fingerprint density at radius 1 is 1.50 bits per heavy atom. The van der Waals surface area contributed by atoms with Crippen LogP contribution in [0.2, 0.25) is 0 Å². The molecule has 1 fully saturated rings. The number of aromatic nitrogens is 1. The van der Waals surface area contributed by atoms with Crippen LogP contribution < -0.4 is 5.73 Å². The molecule has 2 rings (SSSR count). The molecule has 1 atom stereocenters. The minimum absolute atomic E-state index is 0. The van der Waals surface area contributed by atoms with Gasteiger partial charge >= 0.3 is 0 Å². The number of nitrogens with zero attached hydrogens (tertiary/aromatic N) is 2. The van der Waals surface area contributed by atoms with Crippen LogP contribution in [0.3, 0.4) is 0 Å². The number of halogens is 3. The molecule has 2 heterocycles. The van der Waals surface area contributed by atoms with Crippen molar-refractivity contribution in [1.29, 1.82) is 0 Å². The lowest BCUT2D eigenvalue weighted by Gasteiger charge is -2.15. The Morgan fingerprint density at radius 2 is 2.25 bits per heavy atom. The molecule has 1 unspecified atom stereocenters. The van der Waals surface area contributed by atoms with Gasteiger partial charge in [0.1, 0.15) is 0 Å². The summed E-state index contributed by atoms with van der Waals surface area (Å²) in [7, 11) is 0. The van der Waals surface area contributed by atoms with E-state index in [1.54, 1.807) is 0 Å². The Balaban J connectivity index is 0.00000128. The SMILES string of the molecule is Cl.NC1CCN(Cc2ncc(Br)cc2Br)C1. The van der Waals surface area contributed by atoms with E-state index in [0.29, 0.717) is 6.04 Å². The van der Waals surface area contributed by atoms with Gasteiger partial charge in [-0.25, -0.2) is 0 Å². The van der Waals surface area contributed by atoms with E-state index in [1.807, 2.05) is 12.3 Å². The first-order valence-corrected chi connectivity index (χ1v) is 6.51. The van der Waals surface area contributed by atoms with Crippen LogP contribution in [0.4, 0.5) is 0 Å². The highest BCUT2D eigenvalue weighted by atomic mass is 79.9. The maximum absolute atomic E-state index is 5.86. The van der Waals surface area contributed by atoms with Crippen LogP contribution in [-0.2, 0) is 6.54 Å². The zero-order chi connectivity index (χ0) is 10.8. The van der Waals surface area contributed by atoms with Crippen LogP contribution in [0.25, 0.3) is 0 Å². The van der Waals surface area contributed by atoms with Crippen LogP contribution in [0, 0.1) is 0 Å². The van der Waals surface area contributed by atoms with Gasteiger partial charge in [-0.3, -0.25) is 9.88 Å². The maximum atomic E-state index is 5.86. The molecule has 1 aromatic rings. The van der Waals surface area contributed by atoms with Crippen molar-refractivity contribution in [2.24, 2.45) is 5.73 Å². The lowest BCUT2D eigenvalue weighted by atomic mass is 10.3. The summed E-state index contributed by atoms with van der Waals surface area (Å²) in [4.78, 5) is 6.73. The lowest BCUT2D eigenvalue weighted by Crippen LogP contribution is -2.26. The van der Waals surface area contributed by atoms with Gasteiger partial charge in [0.15, 0.2) is 0 Å². The highest BCUT2D eigenvalue weighted by Gasteiger charge is 2.19. The summed E-state index contributed by atoms with van der Waals surface area (Å²) in [6, 6.07) is 2.36. The van der Waals surface area contributed by atoms with Crippen molar-refractivity contribution in [2.75, 3.05) is 13.1 Å². The van der Waals surface area contributed by atoms with Crippen molar-refractivity contribution in [1.82, 2.24) is 9.88 Å². The molecule has 16 heavy (non-hydrogen) atoms. The van der Waals surface area contributed by atoms with E-state index in [0.717, 1.165) is 40.7 Å². The van der Waals surface area contributed by atoms with Gasteiger partial charge < -0.3 is 5.73 Å². The third-order valence-electron chi connectivity index (χ3n) is 2.57. The Hall–Kier alpha value is 0.320. The summed E-state index contributed by atoms with van der Waals surface area (Å²) in [6.45, 7) is 2.93. The molecular weight excluding hydrogens is 357 g/mol. The standard InChI is InChI=1S/C10H13Br2N3.ClH/c11-7-3-9(12)10(14-4-7)6-15-2-1-8(13)5-15;/h3-4,8H,1-2,5-6,13H2;1H. The van der Waals surface area contributed by atoms with Gasteiger partial charge in [0, 0.05) is 40.8 Å². The Bertz CT molecular complexity index is 362. The molecule has 0 radical (unpaired) electrons. The monoisotopic (exact) mass is 369 g/mol. The van der Waals surface area contributed by atoms with Crippen molar-refractivity contribution < 1.29 is 0 Å². The molecule has 0 bridgehead atoms. The first kappa shape index (κ1) is 14.4. The molecule has 1 aliphatic heterocycles. The minimum Gasteiger partial charge on any atom is -0.326 e. The molecule has 2 N–H and O–H groups in total. The van der Waals surface area contributed by atoms with Crippen LogP contribution in [-0.4, -0.2) is 29.0 Å². The van der Waals surface area contributed by atoms with Crippen LogP contribution >= 0.6 is 44.3 Å². The summed E-state index contributed by atoms with van der Waals surface area (Å²) >= 11 is 6.91. The second-order valence-electron chi connectivity index (χ2n) is 3.87. The molecule has 0 amide bonds. The van der Waals surface area contributed by atoms with E-state index < -0.39 is 0 Å². The molecule has 1 aliphatic rings. The van der Waals surface area contributed by atoms with Crippen molar-refractivity contribution in [3.05, 3.63) is 26.9 Å². The van der Waals surface area contributed by atoms with Gasteiger partial charge in [0.25, 0.3) is 0 Å². The Kier molecular flexibility index (Phi) is 5.67. The van der Waals surface area contributed by atoms with E-state index in [9.17, 15) is 0 Å². The Labute approximate surface area is 118 Å². The molecule has 3 nitrogen and oxygen atoms in total. The smallest absolute Gasteiger partial charge is 0.0686 e. The summed E-state index contributed by atoms with van der Waals surface area (Å²) < 4.78 is 2.05. The van der Waals surface area contributed by atoms with E-state index in [4.69, 9.17) is 5.73 Å². The van der Waals surface area contributed by atoms with Crippen molar-refractivity contribution in [3.63, 3.8) is 0 Å². The molecule has 0 spiro atoms. The molecular formula is C10H14Br2ClN3. The number of hydrogen-bond acceptors (Lipinski definition) is 3. The average Bonchev–Trinajstić information content (AvgIpc) is 2.56. The molecule has 1 saturated heterocycles. The zero-order valence-electron chi connectivity index (χ0n) is 8.70. The van der Waals surface area contributed by atoms with E-state index >= 15 is 0 Å². The predicted octanol–water partition coefficient (Wildman–Crippen LogP) is 2.56. The predicted molar refractivity (Wildman–Crippen MR) is 74.8 cm³/mol. The van der Waals surface area contributed by atoms with Crippen molar-refractivity contribution in [3.8, 4) is 0 Å². The largest absolute Gasteiger partial charge is 0.326 e. The topological polar surface area (TPSA) is 42.1 Å². The van der Waals surface area contributed by atoms with Crippen molar-refractivity contribution >= 4 is 44.3 Å². The van der Waals surface area contributed by atoms with Crippen LogP contribution in [0.5, 0.6) is 0 Å². The van der Waals surface area contributed by atoms with E-state index in [-0.39, 0.29) is 12.4 Å². The van der Waals surface area contributed by atoms with Gasteiger partial charge in [-0.05, 0) is 44.3 Å². The fraction of sp³-hybridized carbons (Fsp3) is 0.500. The number of rotatable bonds is 2. The summed E-state index contributed by atoms with van der Waals surface area (Å²) in [5.41, 5.74) is 6.94. The Morgan fingerprint density at radius 3 is 2.81 bits per heavy atom. The number of pyridine rings is 1. The second kappa shape index (κ2) is 6.31. The van der Waals surface area contributed by atoms with E-state index in [1.165, 1.54) is 0 Å². The fourth-order valence-electron chi connectivity index (χ4n) is 1.78. The average molecular weight is 372 g/mol. The number of nitrogens with two attached hydrogens (primary N) is 1. The maximum Gasteiger partial charge on any atom is 0.0686 e. The summed E-state index contributed by atoms with van der Waals surface area (Å²) in [5, 5.41) is 0. The van der Waals surface area contributed by atoms with E-state index in [2.05, 4.69) is 41.7 Å². The molecule has 1 aromatic heterocycles. The second-order valence-corrected chi connectivity index (χ2v) is 5.64. The van der Waals surface area contributed by atoms with Gasteiger partial charge in [-0.1, -0.05) is 0 Å². The quantitative estimate of drug-likeness (QED) is 0.869. The van der Waals surface area contributed by atoms with Gasteiger partial charge in [-0.2, -0.15) is 0 Å². The minimum atomic E-state index is 0. The highest BCUT2D eigenvalue weighted by molar-refractivity contribution is 9.11. The van der Waals surface area contributed by atoms with Crippen LogP contribution in [0.1, 0.15) is 12.1 Å².